The number of hydrogen-bond donors (Lipinski definition) is 0. The van der Waals surface area contributed by atoms with Gasteiger partial charge in [0.15, 0.2) is 12.4 Å². The first kappa shape index (κ1) is 17.9. The number of amides is 1. The van der Waals surface area contributed by atoms with Crippen molar-refractivity contribution in [2.24, 2.45) is 0 Å². The summed E-state index contributed by atoms with van der Waals surface area (Å²) in [5.41, 5.74) is 0. The molecule has 3 heterocycles. The van der Waals surface area contributed by atoms with Gasteiger partial charge in [0.2, 0.25) is 0 Å². The third-order valence-electron chi connectivity index (χ3n) is 4.51. The topological polar surface area (TPSA) is 76.4 Å². The van der Waals surface area contributed by atoms with Crippen LogP contribution in [0.2, 0.25) is 0 Å². The molecule has 4 rings (SSSR count). The minimum absolute atomic E-state index is 0.0669. The molecule has 28 heavy (non-hydrogen) atoms. The summed E-state index contributed by atoms with van der Waals surface area (Å²) in [7, 11) is 0. The van der Waals surface area contributed by atoms with Gasteiger partial charge in [0, 0.05) is 44.6 Å². The number of piperazine rings is 1. The number of benzene rings is 1. The zero-order chi connectivity index (χ0) is 19.3. The number of halogens is 1. The Balaban J connectivity index is 1.31. The summed E-state index contributed by atoms with van der Waals surface area (Å²) in [6.45, 7) is 2.41. The van der Waals surface area contributed by atoms with Crippen molar-refractivity contribution in [2.45, 2.75) is 0 Å². The van der Waals surface area contributed by atoms with Crippen molar-refractivity contribution in [1.82, 2.24) is 24.6 Å². The minimum atomic E-state index is -0.338. The van der Waals surface area contributed by atoms with Crippen molar-refractivity contribution in [3.63, 3.8) is 0 Å². The van der Waals surface area contributed by atoms with E-state index >= 15 is 0 Å². The van der Waals surface area contributed by atoms with E-state index in [0.29, 0.717) is 37.7 Å². The monoisotopic (exact) mass is 382 g/mol. The molecule has 0 bridgehead atoms. The highest BCUT2D eigenvalue weighted by atomic mass is 19.1. The van der Waals surface area contributed by atoms with Crippen molar-refractivity contribution in [3.05, 3.63) is 60.9 Å². The van der Waals surface area contributed by atoms with Gasteiger partial charge >= 0.3 is 0 Å². The van der Waals surface area contributed by atoms with E-state index in [-0.39, 0.29) is 18.3 Å². The Morgan fingerprint density at radius 1 is 1.07 bits per heavy atom. The van der Waals surface area contributed by atoms with E-state index in [4.69, 9.17) is 4.74 Å². The lowest BCUT2D eigenvalue weighted by atomic mass is 10.3. The largest absolute Gasteiger partial charge is 0.484 e. The molecule has 0 aliphatic carbocycles. The lowest BCUT2D eigenvalue weighted by Crippen LogP contribution is -2.50. The SMILES string of the molecule is O=C(COc1ccc(F)cc1)N1CCN(c2cc(-n3cccn3)ncn2)CC1. The van der Waals surface area contributed by atoms with Crippen LogP contribution in [0.3, 0.4) is 0 Å². The zero-order valence-electron chi connectivity index (χ0n) is 15.1. The fraction of sp³-hybridized carbons (Fsp3) is 0.263. The molecule has 0 N–H and O–H groups in total. The summed E-state index contributed by atoms with van der Waals surface area (Å²) in [4.78, 5) is 24.8. The summed E-state index contributed by atoms with van der Waals surface area (Å²) in [5, 5.41) is 4.18. The van der Waals surface area contributed by atoms with Gasteiger partial charge in [0.25, 0.3) is 5.91 Å². The van der Waals surface area contributed by atoms with Crippen LogP contribution in [0.5, 0.6) is 5.75 Å². The second kappa shape index (κ2) is 8.03. The molecule has 8 nitrogen and oxygen atoms in total. The van der Waals surface area contributed by atoms with Crippen molar-refractivity contribution in [2.75, 3.05) is 37.7 Å². The minimum Gasteiger partial charge on any atom is -0.484 e. The van der Waals surface area contributed by atoms with E-state index in [1.807, 2.05) is 18.3 Å². The predicted octanol–water partition coefficient (Wildman–Crippen LogP) is 1.53. The van der Waals surface area contributed by atoms with Gasteiger partial charge in [0.05, 0.1) is 0 Å². The Morgan fingerprint density at radius 3 is 2.54 bits per heavy atom. The number of anilines is 1. The number of carbonyl (C=O) groups is 1. The molecule has 0 atom stereocenters. The third kappa shape index (κ3) is 4.08. The highest BCUT2D eigenvalue weighted by Gasteiger charge is 2.22. The Bertz CT molecular complexity index is 924. The molecular weight excluding hydrogens is 363 g/mol. The summed E-state index contributed by atoms with van der Waals surface area (Å²) in [6, 6.07) is 9.33. The average Bonchev–Trinajstić information content (AvgIpc) is 3.28. The molecule has 1 saturated heterocycles. The number of ether oxygens (including phenoxy) is 1. The van der Waals surface area contributed by atoms with Crippen LogP contribution >= 0.6 is 0 Å². The van der Waals surface area contributed by atoms with Gasteiger partial charge in [-0.3, -0.25) is 4.79 Å². The van der Waals surface area contributed by atoms with Crippen LogP contribution in [-0.4, -0.2) is 63.3 Å². The van der Waals surface area contributed by atoms with Crippen LogP contribution in [0, 0.1) is 5.82 Å². The molecule has 0 unspecified atom stereocenters. The van der Waals surface area contributed by atoms with Crippen molar-refractivity contribution >= 4 is 11.7 Å². The van der Waals surface area contributed by atoms with Gasteiger partial charge in [-0.2, -0.15) is 5.10 Å². The molecule has 1 aliphatic heterocycles. The fourth-order valence-electron chi connectivity index (χ4n) is 2.99. The van der Waals surface area contributed by atoms with E-state index in [0.717, 1.165) is 5.82 Å². The van der Waals surface area contributed by atoms with E-state index in [1.165, 1.54) is 30.6 Å². The summed E-state index contributed by atoms with van der Waals surface area (Å²) >= 11 is 0. The Hall–Kier alpha value is -3.49. The first-order chi connectivity index (χ1) is 13.7. The zero-order valence-corrected chi connectivity index (χ0v) is 15.1. The molecule has 0 saturated carbocycles. The molecule has 9 heteroatoms. The third-order valence-corrected chi connectivity index (χ3v) is 4.51. The Labute approximate surface area is 161 Å². The second-order valence-electron chi connectivity index (χ2n) is 6.30. The van der Waals surface area contributed by atoms with Gasteiger partial charge in [-0.15, -0.1) is 0 Å². The highest BCUT2D eigenvalue weighted by molar-refractivity contribution is 5.78. The highest BCUT2D eigenvalue weighted by Crippen LogP contribution is 2.16. The molecule has 1 fully saturated rings. The molecule has 1 aliphatic rings. The Morgan fingerprint density at radius 2 is 1.82 bits per heavy atom. The van der Waals surface area contributed by atoms with E-state index in [2.05, 4.69) is 20.0 Å². The van der Waals surface area contributed by atoms with Crippen LogP contribution in [0.1, 0.15) is 0 Å². The quantitative estimate of drug-likeness (QED) is 0.666. The van der Waals surface area contributed by atoms with E-state index < -0.39 is 0 Å². The summed E-state index contributed by atoms with van der Waals surface area (Å²) in [5.74, 6) is 1.54. The maximum atomic E-state index is 12.9. The van der Waals surface area contributed by atoms with E-state index in [1.54, 1.807) is 15.8 Å². The molecule has 1 amide bonds. The molecule has 3 aromatic rings. The predicted molar refractivity (Wildman–Crippen MR) is 99.8 cm³/mol. The number of aromatic nitrogens is 4. The van der Waals surface area contributed by atoms with Crippen LogP contribution < -0.4 is 9.64 Å². The van der Waals surface area contributed by atoms with Crippen LogP contribution in [0.25, 0.3) is 5.82 Å². The van der Waals surface area contributed by atoms with Crippen LogP contribution in [-0.2, 0) is 4.79 Å². The lowest BCUT2D eigenvalue weighted by Gasteiger charge is -2.35. The standard InChI is InChI=1S/C19H19FN6O2/c20-15-2-4-16(5-3-15)28-13-19(27)25-10-8-24(9-11-25)17-12-18(22-14-21-17)26-7-1-6-23-26/h1-7,12,14H,8-11,13H2. The van der Waals surface area contributed by atoms with Crippen molar-refractivity contribution in [3.8, 4) is 11.6 Å². The average molecular weight is 382 g/mol. The smallest absolute Gasteiger partial charge is 0.260 e. The number of carbonyl (C=O) groups excluding carboxylic acids is 1. The van der Waals surface area contributed by atoms with Crippen molar-refractivity contribution in [1.29, 1.82) is 0 Å². The first-order valence-electron chi connectivity index (χ1n) is 8.92. The van der Waals surface area contributed by atoms with Gasteiger partial charge in [-0.05, 0) is 30.3 Å². The first-order valence-corrected chi connectivity index (χ1v) is 8.92. The summed E-state index contributed by atoms with van der Waals surface area (Å²) in [6.07, 6.45) is 5.03. The molecule has 1 aromatic carbocycles. The van der Waals surface area contributed by atoms with Gasteiger partial charge in [-0.1, -0.05) is 0 Å². The number of rotatable bonds is 5. The van der Waals surface area contributed by atoms with Crippen LogP contribution in [0.4, 0.5) is 10.2 Å². The maximum Gasteiger partial charge on any atom is 0.260 e. The molecule has 0 radical (unpaired) electrons. The fourth-order valence-corrected chi connectivity index (χ4v) is 2.99. The van der Waals surface area contributed by atoms with Gasteiger partial charge < -0.3 is 14.5 Å². The molecule has 0 spiro atoms. The summed E-state index contributed by atoms with van der Waals surface area (Å²) < 4.78 is 20.0. The normalized spacial score (nSPS) is 14.2. The maximum absolute atomic E-state index is 12.9. The number of nitrogens with zero attached hydrogens (tertiary/aromatic N) is 6. The Kier molecular flexibility index (Phi) is 5.14. The van der Waals surface area contributed by atoms with Gasteiger partial charge in [0.1, 0.15) is 23.7 Å². The molecule has 2 aromatic heterocycles. The lowest BCUT2D eigenvalue weighted by molar-refractivity contribution is -0.133. The number of hydrogen-bond acceptors (Lipinski definition) is 6. The van der Waals surface area contributed by atoms with Crippen LogP contribution in [0.15, 0.2) is 55.1 Å². The van der Waals surface area contributed by atoms with Gasteiger partial charge in [-0.25, -0.2) is 19.0 Å². The second-order valence-corrected chi connectivity index (χ2v) is 6.30. The molecule has 144 valence electrons. The van der Waals surface area contributed by atoms with Crippen molar-refractivity contribution < 1.29 is 13.9 Å². The molecular formula is C19H19FN6O2. The van der Waals surface area contributed by atoms with E-state index in [9.17, 15) is 9.18 Å².